The van der Waals surface area contributed by atoms with Gasteiger partial charge in [-0.05, 0) is 25.0 Å². The van der Waals surface area contributed by atoms with Crippen molar-refractivity contribution in [2.75, 3.05) is 0 Å². The minimum absolute atomic E-state index is 0.466. The van der Waals surface area contributed by atoms with Gasteiger partial charge >= 0.3 is 0 Å². The number of fused-ring (bicyclic) bond motifs is 4. The Hall–Kier alpha value is -2.40. The summed E-state index contributed by atoms with van der Waals surface area (Å²) in [5, 5.41) is 7.38. The van der Waals surface area contributed by atoms with Crippen molar-refractivity contribution in [3.05, 3.63) is 59.7 Å². The molecule has 2 bridgehead atoms. The predicted octanol–water partition coefficient (Wildman–Crippen LogP) is 3.33. The molecule has 5 nitrogen and oxygen atoms in total. The number of nitrogens with one attached hydrogen (secondary N) is 1. The fourth-order valence-electron chi connectivity index (χ4n) is 4.01. The highest BCUT2D eigenvalue weighted by Gasteiger charge is 2.41. The SMILES string of the molecule is c1ccc(-c2ncc(CN3C4CCC3c3cn[nH]c3C4)o2)cc1. The first-order valence-electron chi connectivity index (χ1n) is 8.16. The molecule has 0 radical (unpaired) electrons. The highest BCUT2D eigenvalue weighted by molar-refractivity contribution is 5.52. The van der Waals surface area contributed by atoms with Crippen LogP contribution in [-0.2, 0) is 13.0 Å². The van der Waals surface area contributed by atoms with Gasteiger partial charge in [0.15, 0.2) is 0 Å². The third kappa shape index (κ3) is 2.11. The highest BCUT2D eigenvalue weighted by Crippen LogP contribution is 2.43. The number of hydrogen-bond donors (Lipinski definition) is 1. The van der Waals surface area contributed by atoms with E-state index in [1.807, 2.05) is 42.7 Å². The van der Waals surface area contributed by atoms with Crippen LogP contribution in [0.5, 0.6) is 0 Å². The van der Waals surface area contributed by atoms with Gasteiger partial charge in [-0.1, -0.05) is 18.2 Å². The first-order chi connectivity index (χ1) is 11.4. The summed E-state index contributed by atoms with van der Waals surface area (Å²) >= 11 is 0. The van der Waals surface area contributed by atoms with E-state index in [1.54, 1.807) is 0 Å². The lowest BCUT2D eigenvalue weighted by molar-refractivity contribution is 0.155. The average Bonchev–Trinajstić information content (AvgIpc) is 3.30. The lowest BCUT2D eigenvalue weighted by Crippen LogP contribution is -2.36. The summed E-state index contributed by atoms with van der Waals surface area (Å²) in [6, 6.07) is 11.1. The Morgan fingerprint density at radius 2 is 2.09 bits per heavy atom. The van der Waals surface area contributed by atoms with Crippen molar-refractivity contribution < 1.29 is 4.42 Å². The highest BCUT2D eigenvalue weighted by atomic mass is 16.4. The van der Waals surface area contributed by atoms with Crippen molar-refractivity contribution >= 4 is 0 Å². The fourth-order valence-corrected chi connectivity index (χ4v) is 4.01. The summed E-state index contributed by atoms with van der Waals surface area (Å²) in [7, 11) is 0. The van der Waals surface area contributed by atoms with Crippen LogP contribution < -0.4 is 0 Å². The lowest BCUT2D eigenvalue weighted by Gasteiger charge is -2.33. The Morgan fingerprint density at radius 3 is 3.00 bits per heavy atom. The number of oxazole rings is 1. The Kier molecular flexibility index (Phi) is 2.88. The zero-order valence-electron chi connectivity index (χ0n) is 12.8. The minimum atomic E-state index is 0.466. The predicted molar refractivity (Wildman–Crippen MR) is 85.5 cm³/mol. The smallest absolute Gasteiger partial charge is 0.226 e. The van der Waals surface area contributed by atoms with Crippen LogP contribution in [0.1, 0.15) is 35.9 Å². The summed E-state index contributed by atoms with van der Waals surface area (Å²) in [6.45, 7) is 0.819. The van der Waals surface area contributed by atoms with Gasteiger partial charge in [0, 0.05) is 35.3 Å². The molecular formula is C18H18N4O. The largest absolute Gasteiger partial charge is 0.440 e. The number of rotatable bonds is 3. The van der Waals surface area contributed by atoms with E-state index in [-0.39, 0.29) is 0 Å². The third-order valence-corrected chi connectivity index (χ3v) is 5.11. The van der Waals surface area contributed by atoms with E-state index in [2.05, 4.69) is 20.1 Å². The maximum absolute atomic E-state index is 5.99. The van der Waals surface area contributed by atoms with Crippen LogP contribution in [0.15, 0.2) is 47.1 Å². The van der Waals surface area contributed by atoms with Crippen molar-refractivity contribution in [2.45, 2.75) is 37.9 Å². The summed E-state index contributed by atoms with van der Waals surface area (Å²) in [6.07, 6.45) is 7.37. The van der Waals surface area contributed by atoms with Gasteiger partial charge in [0.1, 0.15) is 5.76 Å². The molecule has 23 heavy (non-hydrogen) atoms. The number of H-pyrrole nitrogens is 1. The van der Waals surface area contributed by atoms with E-state index < -0.39 is 0 Å². The van der Waals surface area contributed by atoms with E-state index in [9.17, 15) is 0 Å². The second-order valence-electron chi connectivity index (χ2n) is 6.43. The van der Waals surface area contributed by atoms with Crippen LogP contribution in [-0.4, -0.2) is 26.1 Å². The lowest BCUT2D eigenvalue weighted by atomic mass is 10.0. The topological polar surface area (TPSA) is 58.0 Å². The van der Waals surface area contributed by atoms with Crippen molar-refractivity contribution in [2.24, 2.45) is 0 Å². The first-order valence-corrected chi connectivity index (χ1v) is 8.16. The van der Waals surface area contributed by atoms with Crippen molar-refractivity contribution in [3.63, 3.8) is 0 Å². The van der Waals surface area contributed by atoms with Gasteiger partial charge in [-0.3, -0.25) is 10.00 Å². The molecule has 5 rings (SSSR count). The van der Waals surface area contributed by atoms with Crippen LogP contribution in [0.25, 0.3) is 11.5 Å². The van der Waals surface area contributed by atoms with Gasteiger partial charge in [0.25, 0.3) is 0 Å². The number of hydrogen-bond acceptors (Lipinski definition) is 4. The molecule has 0 amide bonds. The molecule has 1 fully saturated rings. The Labute approximate surface area is 134 Å². The van der Waals surface area contributed by atoms with Gasteiger partial charge in [0.2, 0.25) is 5.89 Å². The summed E-state index contributed by atoms with van der Waals surface area (Å²) < 4.78 is 5.99. The molecule has 2 aromatic heterocycles. The number of nitrogens with zero attached hydrogens (tertiary/aromatic N) is 3. The van der Waals surface area contributed by atoms with Gasteiger partial charge in [-0.15, -0.1) is 0 Å². The minimum Gasteiger partial charge on any atom is -0.440 e. The van der Waals surface area contributed by atoms with Gasteiger partial charge in [-0.25, -0.2) is 4.98 Å². The van der Waals surface area contributed by atoms with E-state index in [1.165, 1.54) is 24.1 Å². The number of aromatic nitrogens is 3. The normalized spacial score (nSPS) is 23.1. The van der Waals surface area contributed by atoms with Gasteiger partial charge in [0.05, 0.1) is 18.9 Å². The van der Waals surface area contributed by atoms with Crippen LogP contribution in [0, 0.1) is 0 Å². The van der Waals surface area contributed by atoms with Crippen LogP contribution in [0.3, 0.4) is 0 Å². The second-order valence-corrected chi connectivity index (χ2v) is 6.43. The van der Waals surface area contributed by atoms with Crippen molar-refractivity contribution in [3.8, 4) is 11.5 Å². The molecule has 2 atom stereocenters. The van der Waals surface area contributed by atoms with Gasteiger partial charge in [-0.2, -0.15) is 5.10 Å². The van der Waals surface area contributed by atoms with Crippen LogP contribution in [0.4, 0.5) is 0 Å². The molecule has 2 aliphatic heterocycles. The number of aromatic amines is 1. The third-order valence-electron chi connectivity index (χ3n) is 5.11. The molecule has 1 saturated heterocycles. The molecule has 0 aliphatic carbocycles. The van der Waals surface area contributed by atoms with E-state index in [0.29, 0.717) is 18.0 Å². The molecule has 1 N–H and O–H groups in total. The second kappa shape index (κ2) is 5.06. The Balaban J connectivity index is 1.40. The Bertz CT molecular complexity index is 822. The molecule has 2 aliphatic rings. The molecule has 3 aromatic rings. The fraction of sp³-hybridized carbons (Fsp3) is 0.333. The van der Waals surface area contributed by atoms with Crippen molar-refractivity contribution in [1.29, 1.82) is 0 Å². The van der Waals surface area contributed by atoms with E-state index in [0.717, 1.165) is 24.3 Å². The van der Waals surface area contributed by atoms with Crippen LogP contribution >= 0.6 is 0 Å². The molecule has 1 aromatic carbocycles. The maximum Gasteiger partial charge on any atom is 0.226 e. The first kappa shape index (κ1) is 13.1. The molecule has 0 saturated carbocycles. The summed E-state index contributed by atoms with van der Waals surface area (Å²) in [5.74, 6) is 1.64. The molecule has 2 unspecified atom stereocenters. The quantitative estimate of drug-likeness (QED) is 0.806. The standard InChI is InChI=1S/C18H18N4O/c1-2-4-12(5-3-1)18-19-9-14(23-18)11-22-13-6-7-17(22)15-10-20-21-16(15)8-13/h1-5,9-10,13,17H,6-8,11H2,(H,20,21). The zero-order chi connectivity index (χ0) is 15.2. The van der Waals surface area contributed by atoms with Gasteiger partial charge < -0.3 is 4.42 Å². The Morgan fingerprint density at radius 1 is 1.17 bits per heavy atom. The van der Waals surface area contributed by atoms with Crippen molar-refractivity contribution in [1.82, 2.24) is 20.1 Å². The average molecular weight is 306 g/mol. The zero-order valence-corrected chi connectivity index (χ0v) is 12.8. The summed E-state index contributed by atoms with van der Waals surface area (Å²) in [5.41, 5.74) is 3.70. The molecular weight excluding hydrogens is 288 g/mol. The van der Waals surface area contributed by atoms with Crippen LogP contribution in [0.2, 0.25) is 0 Å². The molecule has 4 heterocycles. The van der Waals surface area contributed by atoms with E-state index in [4.69, 9.17) is 4.42 Å². The molecule has 116 valence electrons. The molecule has 5 heteroatoms. The maximum atomic E-state index is 5.99. The summed E-state index contributed by atoms with van der Waals surface area (Å²) in [4.78, 5) is 6.99. The molecule has 0 spiro atoms. The monoisotopic (exact) mass is 306 g/mol. The van der Waals surface area contributed by atoms with E-state index >= 15 is 0 Å². The number of benzene rings is 1.